The number of anilines is 2. The van der Waals surface area contributed by atoms with E-state index in [-0.39, 0.29) is 58.3 Å². The summed E-state index contributed by atoms with van der Waals surface area (Å²) in [7, 11) is 0. The third-order valence-electron chi connectivity index (χ3n) is 14.9. The van der Waals surface area contributed by atoms with Crippen molar-refractivity contribution in [3.8, 4) is 47.0 Å². The molecule has 0 saturated carbocycles. The first-order valence-corrected chi connectivity index (χ1v) is 27.4. The molecule has 8 rings (SSSR count). The molecular formula is C62H84N10O4. The van der Waals surface area contributed by atoms with E-state index in [9.17, 15) is 0 Å². The van der Waals surface area contributed by atoms with Crippen molar-refractivity contribution in [1.82, 2.24) is 40.5 Å². The summed E-state index contributed by atoms with van der Waals surface area (Å²) in [5, 5.41) is 7.80. The van der Waals surface area contributed by atoms with Gasteiger partial charge in [-0.15, -0.1) is 9.97 Å². The average Bonchev–Trinajstić information content (AvgIpc) is 3.30. The van der Waals surface area contributed by atoms with E-state index < -0.39 is 0 Å². The van der Waals surface area contributed by atoms with Crippen LogP contribution in [0.2, 0.25) is 0 Å². The SMILES string of the molecule is Cc1cccc(C)c1Oc1nc(Oc2c(C)cccc2C)nc(N(CCCCCCN(c2nc(Oc3c(C)cccc3C)nc(Oc3c(C)cccc3C)n2)C2CC(C)(C)NC(C)(C)C2)C2CC(C)(C)NC(C)(C)C2)n1. The Hall–Kier alpha value is -6.38. The van der Waals surface area contributed by atoms with Crippen molar-refractivity contribution in [2.75, 3.05) is 22.9 Å². The number of nitrogens with zero attached hydrogens (tertiary/aromatic N) is 8. The second kappa shape index (κ2) is 22.7. The monoisotopic (exact) mass is 1030 g/mol. The molecule has 14 nitrogen and oxygen atoms in total. The molecule has 406 valence electrons. The van der Waals surface area contributed by atoms with Gasteiger partial charge in [-0.2, -0.15) is 19.9 Å². The number of para-hydroxylation sites is 4. The molecule has 0 spiro atoms. The number of hydrogen-bond donors (Lipinski definition) is 2. The molecule has 4 aromatic carbocycles. The minimum Gasteiger partial charge on any atom is -0.424 e. The van der Waals surface area contributed by atoms with Crippen molar-refractivity contribution < 1.29 is 18.9 Å². The van der Waals surface area contributed by atoms with Gasteiger partial charge in [-0.3, -0.25) is 0 Å². The average molecular weight is 1030 g/mol. The lowest BCUT2D eigenvalue weighted by molar-refractivity contribution is 0.156. The summed E-state index contributed by atoms with van der Waals surface area (Å²) in [6, 6.07) is 25.5. The summed E-state index contributed by atoms with van der Waals surface area (Å²) in [6.07, 6.45) is 7.38. The van der Waals surface area contributed by atoms with Crippen LogP contribution in [0.1, 0.15) is 151 Å². The van der Waals surface area contributed by atoms with Crippen molar-refractivity contribution >= 4 is 11.9 Å². The van der Waals surface area contributed by atoms with Crippen molar-refractivity contribution in [1.29, 1.82) is 0 Å². The topological polar surface area (TPSA) is 145 Å². The summed E-state index contributed by atoms with van der Waals surface area (Å²) >= 11 is 0. The van der Waals surface area contributed by atoms with E-state index in [1.807, 2.05) is 128 Å². The predicted octanol–water partition coefficient (Wildman–Crippen LogP) is 14.2. The number of rotatable bonds is 19. The molecule has 0 radical (unpaired) electrons. The highest BCUT2D eigenvalue weighted by atomic mass is 16.5. The number of piperidine rings is 2. The molecule has 0 bridgehead atoms. The van der Waals surface area contributed by atoms with E-state index in [4.69, 9.17) is 48.9 Å². The van der Waals surface area contributed by atoms with Crippen LogP contribution in [0.4, 0.5) is 11.9 Å². The largest absolute Gasteiger partial charge is 0.424 e. The molecule has 2 saturated heterocycles. The Morgan fingerprint density at radius 3 is 0.816 bits per heavy atom. The standard InChI is InChI=1S/C62H84N10O4/c1-39-25-21-26-40(2)49(39)73-55-63-53(64-56(67-55)74-50-41(3)27-22-28-42(50)4)71(47-35-59(9,10)69-60(11,12)36-47)33-19-17-18-20-34-72(48-37-61(13,14)70-62(15,16)38-48)54-65-57(75-51-43(5)29-23-30-44(51)6)68-58(66-54)76-52-45(7)31-24-32-46(52)8/h21-32,47-48,69-70H,17-20,33-38H2,1-16H3. The molecular weight excluding hydrogens is 949 g/mol. The van der Waals surface area contributed by atoms with Crippen molar-refractivity contribution in [2.24, 2.45) is 0 Å². The molecule has 2 aliphatic heterocycles. The molecule has 2 aliphatic rings. The highest BCUT2D eigenvalue weighted by Gasteiger charge is 2.42. The maximum atomic E-state index is 6.61. The highest BCUT2D eigenvalue weighted by molar-refractivity contribution is 5.47. The van der Waals surface area contributed by atoms with Crippen LogP contribution in [0.25, 0.3) is 0 Å². The van der Waals surface area contributed by atoms with Gasteiger partial charge in [-0.1, -0.05) is 85.6 Å². The Morgan fingerprint density at radius 2 is 0.592 bits per heavy atom. The van der Waals surface area contributed by atoms with Crippen molar-refractivity contribution in [3.05, 3.63) is 117 Å². The number of unbranched alkanes of at least 4 members (excludes halogenated alkanes) is 3. The molecule has 2 N–H and O–H groups in total. The number of aryl methyl sites for hydroxylation is 8. The van der Waals surface area contributed by atoms with Gasteiger partial charge in [0.15, 0.2) is 0 Å². The maximum Gasteiger partial charge on any atom is 0.330 e. The molecule has 0 amide bonds. The summed E-state index contributed by atoms with van der Waals surface area (Å²) in [4.78, 5) is 34.9. The molecule has 2 aromatic heterocycles. The highest BCUT2D eigenvalue weighted by Crippen LogP contribution is 2.39. The first-order chi connectivity index (χ1) is 35.8. The van der Waals surface area contributed by atoms with Crippen LogP contribution in [0.5, 0.6) is 47.0 Å². The van der Waals surface area contributed by atoms with E-state index in [0.717, 1.165) is 132 Å². The van der Waals surface area contributed by atoms with Gasteiger partial charge >= 0.3 is 24.0 Å². The van der Waals surface area contributed by atoms with E-state index in [2.05, 4.69) is 75.8 Å². The Balaban J connectivity index is 1.09. The lowest BCUT2D eigenvalue weighted by atomic mass is 9.79. The van der Waals surface area contributed by atoms with Crippen LogP contribution >= 0.6 is 0 Å². The zero-order chi connectivity index (χ0) is 54.7. The molecule has 14 heteroatoms. The number of aromatic nitrogens is 6. The fraction of sp³-hybridized carbons (Fsp3) is 0.516. The van der Waals surface area contributed by atoms with Gasteiger partial charge in [0.1, 0.15) is 23.0 Å². The van der Waals surface area contributed by atoms with Gasteiger partial charge in [0.05, 0.1) is 0 Å². The summed E-state index contributed by atoms with van der Waals surface area (Å²) in [5.74, 6) is 4.01. The second-order valence-corrected chi connectivity index (χ2v) is 24.4. The van der Waals surface area contributed by atoms with E-state index >= 15 is 0 Å². The first kappa shape index (κ1) is 55.8. The Kier molecular flexibility index (Phi) is 16.7. The van der Waals surface area contributed by atoms with Crippen LogP contribution in [0, 0.1) is 55.4 Å². The molecule has 2 fully saturated rings. The van der Waals surface area contributed by atoms with Crippen LogP contribution < -0.4 is 39.4 Å². The third-order valence-corrected chi connectivity index (χ3v) is 14.9. The van der Waals surface area contributed by atoms with E-state index in [0.29, 0.717) is 11.9 Å². The normalized spacial score (nSPS) is 17.0. The molecule has 0 atom stereocenters. The minimum absolute atomic E-state index is 0.125. The quantitative estimate of drug-likeness (QED) is 0.0742. The second-order valence-electron chi connectivity index (χ2n) is 24.4. The summed E-state index contributed by atoms with van der Waals surface area (Å²) in [5.41, 5.74) is 7.46. The van der Waals surface area contributed by atoms with Gasteiger partial charge in [-0.25, -0.2) is 0 Å². The van der Waals surface area contributed by atoms with Crippen molar-refractivity contribution in [2.45, 2.75) is 196 Å². The Bertz CT molecular complexity index is 2550. The van der Waals surface area contributed by atoms with Crippen LogP contribution in [0.3, 0.4) is 0 Å². The molecule has 0 aliphatic carbocycles. The van der Waals surface area contributed by atoms with Gasteiger partial charge in [0.25, 0.3) is 0 Å². The van der Waals surface area contributed by atoms with Gasteiger partial charge in [0.2, 0.25) is 11.9 Å². The maximum absolute atomic E-state index is 6.61. The van der Waals surface area contributed by atoms with Gasteiger partial charge in [-0.05, 0) is 194 Å². The summed E-state index contributed by atoms with van der Waals surface area (Å²) in [6.45, 7) is 36.1. The number of nitrogens with one attached hydrogen (secondary N) is 2. The van der Waals surface area contributed by atoms with Crippen molar-refractivity contribution in [3.63, 3.8) is 0 Å². The number of ether oxygens (including phenoxy) is 4. The van der Waals surface area contributed by atoms with Gasteiger partial charge < -0.3 is 39.4 Å². The third kappa shape index (κ3) is 14.0. The lowest BCUT2D eigenvalue weighted by Gasteiger charge is -2.49. The zero-order valence-corrected chi connectivity index (χ0v) is 48.4. The molecule has 4 heterocycles. The van der Waals surface area contributed by atoms with Crippen LogP contribution in [-0.2, 0) is 0 Å². The fourth-order valence-corrected chi connectivity index (χ4v) is 12.1. The number of benzene rings is 4. The lowest BCUT2D eigenvalue weighted by Crippen LogP contribution is -2.62. The number of hydrogen-bond acceptors (Lipinski definition) is 14. The molecule has 76 heavy (non-hydrogen) atoms. The molecule has 6 aromatic rings. The minimum atomic E-state index is -0.129. The fourth-order valence-electron chi connectivity index (χ4n) is 12.1. The van der Waals surface area contributed by atoms with E-state index in [1.54, 1.807) is 0 Å². The summed E-state index contributed by atoms with van der Waals surface area (Å²) < 4.78 is 26.4. The van der Waals surface area contributed by atoms with Crippen LogP contribution in [-0.4, -0.2) is 77.2 Å². The van der Waals surface area contributed by atoms with Crippen LogP contribution in [0.15, 0.2) is 72.8 Å². The predicted molar refractivity (Wildman–Crippen MR) is 305 cm³/mol. The molecule has 0 unspecified atom stereocenters. The Morgan fingerprint density at radius 1 is 0.368 bits per heavy atom. The zero-order valence-electron chi connectivity index (χ0n) is 48.4. The van der Waals surface area contributed by atoms with Gasteiger partial charge in [0, 0.05) is 47.3 Å². The smallest absolute Gasteiger partial charge is 0.330 e. The first-order valence-electron chi connectivity index (χ1n) is 27.4. The Labute approximate surface area is 453 Å². The van der Waals surface area contributed by atoms with E-state index in [1.165, 1.54) is 0 Å².